The number of cyclic esters (lactones) is 1. The minimum absolute atomic E-state index is 0.0462. The molecule has 3 rings (SSSR count). The van der Waals surface area contributed by atoms with Crippen LogP contribution in [0.2, 0.25) is 0 Å². The zero-order valence-corrected chi connectivity index (χ0v) is 32.9. The van der Waals surface area contributed by atoms with Gasteiger partial charge in [0.15, 0.2) is 5.85 Å². The topological polar surface area (TPSA) is 162 Å². The number of nitrogens with one attached hydrogen (secondary N) is 1. The van der Waals surface area contributed by atoms with E-state index in [-0.39, 0.29) is 56.6 Å². The van der Waals surface area contributed by atoms with Gasteiger partial charge >= 0.3 is 13.7 Å². The lowest BCUT2D eigenvalue weighted by molar-refractivity contribution is -0.134. The first-order chi connectivity index (χ1) is 25.3. The van der Waals surface area contributed by atoms with Crippen LogP contribution in [0.25, 0.3) is 0 Å². The number of alkyl carbamates (subject to hydrolysis) is 1. The molecule has 53 heavy (non-hydrogen) atoms. The number of methoxy groups -OCH3 is 2. The Labute approximate surface area is 313 Å². The molecule has 1 heterocycles. The number of amides is 3. The number of aliphatic hydroxyl groups is 1. The van der Waals surface area contributed by atoms with Crippen LogP contribution in [-0.2, 0) is 40.9 Å². The van der Waals surface area contributed by atoms with Crippen molar-refractivity contribution in [3.05, 3.63) is 71.8 Å². The van der Waals surface area contributed by atoms with E-state index in [0.29, 0.717) is 30.8 Å². The summed E-state index contributed by atoms with van der Waals surface area (Å²) < 4.78 is 41.5. The fraction of sp³-hybridized carbons (Fsp3) is 0.538. The Morgan fingerprint density at radius 3 is 2.38 bits per heavy atom. The Balaban J connectivity index is 2.08. The number of carbonyl (C=O) groups excluding carboxylic acids is 3. The standard InChI is InChI=1S/C39H56N3O10P/c1-8-50-53(47,51-9-2)38(45)34-24-29(37(44)42(5)26-30-20-21-31(48-6)25-35(30)49-7)18-14-11-15-19-32(23-28-16-12-10-13-17-28)52-39(46)41-33(22-27(3)4)36(43)40-34/h10-14,16-17,20-21,25,27,29,32-33,38,45H,8-9,15,18-19,22-24,26H2,1-7H3,(H,41,46)/b14-11+,40-34-/t29?,32?,33-,38-/m0/s1. The lowest BCUT2D eigenvalue weighted by Gasteiger charge is -2.28. The highest BCUT2D eigenvalue weighted by molar-refractivity contribution is 7.55. The van der Waals surface area contributed by atoms with E-state index in [0.717, 1.165) is 11.1 Å². The SMILES string of the molecule is CCOP(=O)(OCC)[C@H](O)/C1=N\C(=O)[C@H](CC(C)C)NC(=O)OC(Cc2ccccc2)CC/C=C/CC(C(=O)N(C)Cc2ccc(OC)cc2OC)C1. The molecule has 2 aromatic rings. The van der Waals surface area contributed by atoms with Gasteiger partial charge in [-0.1, -0.05) is 56.3 Å². The van der Waals surface area contributed by atoms with E-state index in [2.05, 4.69) is 10.3 Å². The quantitative estimate of drug-likeness (QED) is 0.148. The van der Waals surface area contributed by atoms with Crippen LogP contribution in [0.3, 0.4) is 0 Å². The van der Waals surface area contributed by atoms with Gasteiger partial charge in [0.05, 0.1) is 33.1 Å². The molecule has 1 aliphatic heterocycles. The van der Waals surface area contributed by atoms with Gasteiger partial charge in [0.25, 0.3) is 5.91 Å². The second-order valence-corrected chi connectivity index (χ2v) is 15.4. The molecule has 0 spiro atoms. The first kappa shape index (κ1) is 43.4. The smallest absolute Gasteiger partial charge is 0.408 e. The summed E-state index contributed by atoms with van der Waals surface area (Å²) in [4.78, 5) is 47.4. The second-order valence-electron chi connectivity index (χ2n) is 13.3. The third-order valence-electron chi connectivity index (χ3n) is 8.67. The van der Waals surface area contributed by atoms with Crippen molar-refractivity contribution in [3.63, 3.8) is 0 Å². The van der Waals surface area contributed by atoms with Crippen LogP contribution in [0.1, 0.15) is 70.9 Å². The van der Waals surface area contributed by atoms with Crippen molar-refractivity contribution in [2.75, 3.05) is 34.5 Å². The number of aliphatic hydroxyl groups excluding tert-OH is 1. The molecule has 0 bridgehead atoms. The Hall–Kier alpha value is -4.03. The van der Waals surface area contributed by atoms with Crippen molar-refractivity contribution >= 4 is 31.2 Å². The van der Waals surface area contributed by atoms with Crippen molar-refractivity contribution in [2.24, 2.45) is 16.8 Å². The Morgan fingerprint density at radius 2 is 1.75 bits per heavy atom. The van der Waals surface area contributed by atoms with Gasteiger partial charge in [0.2, 0.25) is 5.91 Å². The number of nitrogens with zero attached hydrogens (tertiary/aromatic N) is 2. The van der Waals surface area contributed by atoms with Crippen molar-refractivity contribution < 1.29 is 47.3 Å². The van der Waals surface area contributed by atoms with E-state index in [1.165, 1.54) is 12.0 Å². The highest BCUT2D eigenvalue weighted by atomic mass is 31.2. The van der Waals surface area contributed by atoms with Gasteiger partial charge in [-0.2, -0.15) is 0 Å². The van der Waals surface area contributed by atoms with Crippen LogP contribution in [0.5, 0.6) is 11.5 Å². The first-order valence-electron chi connectivity index (χ1n) is 18.1. The van der Waals surface area contributed by atoms with Gasteiger partial charge in [-0.15, -0.1) is 0 Å². The maximum Gasteiger partial charge on any atom is 0.408 e. The summed E-state index contributed by atoms with van der Waals surface area (Å²) >= 11 is 0. The second kappa shape index (κ2) is 21.6. The summed E-state index contributed by atoms with van der Waals surface area (Å²) in [6.07, 6.45) is 4.12. The summed E-state index contributed by atoms with van der Waals surface area (Å²) in [7, 11) is 0.461. The number of carbonyl (C=O) groups is 3. The lowest BCUT2D eigenvalue weighted by atomic mass is 9.95. The molecule has 1 aliphatic rings. The van der Waals surface area contributed by atoms with Crippen LogP contribution < -0.4 is 14.8 Å². The summed E-state index contributed by atoms with van der Waals surface area (Å²) in [5.41, 5.74) is 1.47. The number of hydrogen-bond donors (Lipinski definition) is 2. The molecule has 0 saturated carbocycles. The normalized spacial score (nSPS) is 21.2. The van der Waals surface area contributed by atoms with Gasteiger partial charge < -0.3 is 38.6 Å². The number of rotatable bonds is 15. The molecule has 14 heteroatoms. The highest BCUT2D eigenvalue weighted by Gasteiger charge is 2.40. The lowest BCUT2D eigenvalue weighted by Crippen LogP contribution is -2.43. The number of aliphatic imine (C=N–C) groups is 1. The molecule has 13 nitrogen and oxygen atoms in total. The number of hydrogen-bond acceptors (Lipinski definition) is 10. The number of ether oxygens (including phenoxy) is 3. The van der Waals surface area contributed by atoms with Crippen molar-refractivity contribution in [2.45, 2.75) is 90.8 Å². The molecule has 0 saturated heterocycles. The van der Waals surface area contributed by atoms with Gasteiger partial charge in [-0.3, -0.25) is 14.2 Å². The predicted molar refractivity (Wildman–Crippen MR) is 203 cm³/mol. The fourth-order valence-corrected chi connectivity index (χ4v) is 7.67. The van der Waals surface area contributed by atoms with Gasteiger partial charge in [0, 0.05) is 44.0 Å². The maximum atomic E-state index is 14.3. The van der Waals surface area contributed by atoms with E-state index in [1.54, 1.807) is 40.1 Å². The largest absolute Gasteiger partial charge is 0.497 e. The maximum absolute atomic E-state index is 14.3. The summed E-state index contributed by atoms with van der Waals surface area (Å²) in [5.74, 6) is -2.83. The van der Waals surface area contributed by atoms with Crippen LogP contribution in [0, 0.1) is 11.8 Å². The fourth-order valence-electron chi connectivity index (χ4n) is 6.06. The first-order valence-corrected chi connectivity index (χ1v) is 19.7. The zero-order chi connectivity index (χ0) is 39.0. The average molecular weight is 758 g/mol. The molecule has 2 N–H and O–H groups in total. The molecule has 3 amide bonds. The van der Waals surface area contributed by atoms with Gasteiger partial charge in [0.1, 0.15) is 23.6 Å². The minimum Gasteiger partial charge on any atom is -0.497 e. The zero-order valence-electron chi connectivity index (χ0n) is 32.0. The molecule has 2 aromatic carbocycles. The summed E-state index contributed by atoms with van der Waals surface area (Å²) in [6.45, 7) is 7.04. The molecular formula is C39H56N3O10P. The minimum atomic E-state index is -4.27. The predicted octanol–water partition coefficient (Wildman–Crippen LogP) is 6.71. The average Bonchev–Trinajstić information content (AvgIpc) is 3.13. The Bertz CT molecular complexity index is 1590. The van der Waals surface area contributed by atoms with Gasteiger partial charge in [-0.25, -0.2) is 9.79 Å². The summed E-state index contributed by atoms with van der Waals surface area (Å²) in [6, 6.07) is 13.8. The third kappa shape index (κ3) is 13.4. The van der Waals surface area contributed by atoms with E-state index in [9.17, 15) is 24.1 Å². The molecule has 292 valence electrons. The molecule has 0 aliphatic carbocycles. The molecule has 2 unspecified atom stereocenters. The van der Waals surface area contributed by atoms with Crippen LogP contribution in [0.15, 0.2) is 65.7 Å². The van der Waals surface area contributed by atoms with E-state index < -0.39 is 43.5 Å². The molecule has 0 aromatic heterocycles. The number of allylic oxidation sites excluding steroid dienone is 2. The van der Waals surface area contributed by atoms with Crippen LogP contribution in [-0.4, -0.2) is 86.1 Å². The monoisotopic (exact) mass is 757 g/mol. The Kier molecular flexibility index (Phi) is 17.7. The Morgan fingerprint density at radius 1 is 1.06 bits per heavy atom. The molecule has 4 atom stereocenters. The number of benzene rings is 2. The molecular weight excluding hydrogens is 701 g/mol. The van der Waals surface area contributed by atoms with Gasteiger partial charge in [-0.05, 0) is 63.1 Å². The molecule has 0 fully saturated rings. The van der Waals surface area contributed by atoms with Crippen LogP contribution in [0.4, 0.5) is 4.79 Å². The van der Waals surface area contributed by atoms with E-state index in [4.69, 9.17) is 23.3 Å². The van der Waals surface area contributed by atoms with Crippen molar-refractivity contribution in [1.29, 1.82) is 0 Å². The van der Waals surface area contributed by atoms with Crippen LogP contribution >= 0.6 is 7.60 Å². The molecule has 0 radical (unpaired) electrons. The van der Waals surface area contributed by atoms with Crippen molar-refractivity contribution in [3.8, 4) is 11.5 Å². The highest BCUT2D eigenvalue weighted by Crippen LogP contribution is 2.53. The van der Waals surface area contributed by atoms with E-state index >= 15 is 0 Å². The van der Waals surface area contributed by atoms with Crippen molar-refractivity contribution in [1.82, 2.24) is 10.2 Å². The third-order valence-corrected chi connectivity index (χ3v) is 10.8. The summed E-state index contributed by atoms with van der Waals surface area (Å²) in [5, 5.41) is 14.3. The van der Waals surface area contributed by atoms with E-state index in [1.807, 2.05) is 62.4 Å².